The molecule has 1 saturated heterocycles. The Morgan fingerprint density at radius 2 is 2.00 bits per heavy atom. The molecule has 0 atom stereocenters. The van der Waals surface area contributed by atoms with Crippen LogP contribution in [-0.4, -0.2) is 30.7 Å². The lowest BCUT2D eigenvalue weighted by Crippen LogP contribution is -2.20. The summed E-state index contributed by atoms with van der Waals surface area (Å²) in [5.41, 5.74) is 1.39. The average molecular weight is 383 g/mol. The number of carbonyl (C=O) groups excluding carboxylic acids is 2. The maximum Gasteiger partial charge on any atom is 0.264 e. The van der Waals surface area contributed by atoms with E-state index in [4.69, 9.17) is 14.9 Å². The number of amides is 2. The monoisotopic (exact) mass is 383 g/mol. The van der Waals surface area contributed by atoms with Crippen LogP contribution in [0.3, 0.4) is 0 Å². The number of anilines is 1. The molecule has 3 N–H and O–H groups in total. The standard InChI is InChI=1S/C19H17N3O4S/c1-25-14-7-5-13(6-8-14)21-17(23)11-26-15-4-2-3-12(9-15)10-16-18(24)22-19(20)27-16/h2-10H,11H2,1H3,(H,21,23)(H2,20,22,24)/b16-10-. The third-order valence-electron chi connectivity index (χ3n) is 3.56. The van der Waals surface area contributed by atoms with E-state index in [0.29, 0.717) is 22.1 Å². The first-order valence-corrected chi connectivity index (χ1v) is 8.81. The maximum atomic E-state index is 12.0. The van der Waals surface area contributed by atoms with Crippen molar-refractivity contribution < 1.29 is 19.1 Å². The van der Waals surface area contributed by atoms with Gasteiger partial charge < -0.3 is 20.1 Å². The van der Waals surface area contributed by atoms with Gasteiger partial charge in [0.1, 0.15) is 11.5 Å². The van der Waals surface area contributed by atoms with Crippen LogP contribution in [-0.2, 0) is 9.59 Å². The molecule has 1 fully saturated rings. The fourth-order valence-electron chi connectivity index (χ4n) is 2.31. The van der Waals surface area contributed by atoms with Crippen molar-refractivity contribution in [1.29, 1.82) is 5.41 Å². The van der Waals surface area contributed by atoms with E-state index >= 15 is 0 Å². The van der Waals surface area contributed by atoms with Crippen molar-refractivity contribution in [3.8, 4) is 11.5 Å². The molecule has 138 valence electrons. The number of hydrogen-bond acceptors (Lipinski definition) is 6. The van der Waals surface area contributed by atoms with E-state index in [9.17, 15) is 9.59 Å². The Hall–Kier alpha value is -3.26. The van der Waals surface area contributed by atoms with Crippen molar-refractivity contribution in [3.05, 3.63) is 59.0 Å². The van der Waals surface area contributed by atoms with Crippen LogP contribution in [0.25, 0.3) is 6.08 Å². The molecule has 1 heterocycles. The summed E-state index contributed by atoms with van der Waals surface area (Å²) < 4.78 is 10.6. The van der Waals surface area contributed by atoms with Crippen molar-refractivity contribution in [2.45, 2.75) is 0 Å². The lowest BCUT2D eigenvalue weighted by Gasteiger charge is -2.08. The SMILES string of the molecule is COc1ccc(NC(=O)COc2cccc(/C=C3\SC(=N)NC3=O)c2)cc1. The van der Waals surface area contributed by atoms with Gasteiger partial charge in [-0.3, -0.25) is 15.0 Å². The highest BCUT2D eigenvalue weighted by molar-refractivity contribution is 8.18. The molecule has 27 heavy (non-hydrogen) atoms. The van der Waals surface area contributed by atoms with Gasteiger partial charge in [0.2, 0.25) is 0 Å². The normalized spacial score (nSPS) is 14.8. The van der Waals surface area contributed by atoms with Gasteiger partial charge in [-0.05, 0) is 59.8 Å². The van der Waals surface area contributed by atoms with Gasteiger partial charge in [0.15, 0.2) is 11.8 Å². The molecule has 2 amide bonds. The summed E-state index contributed by atoms with van der Waals surface area (Å²) in [5, 5.41) is 12.7. The van der Waals surface area contributed by atoms with Crippen molar-refractivity contribution in [2.24, 2.45) is 0 Å². The van der Waals surface area contributed by atoms with Crippen LogP contribution >= 0.6 is 11.8 Å². The van der Waals surface area contributed by atoms with Crippen molar-refractivity contribution in [1.82, 2.24) is 5.32 Å². The first-order chi connectivity index (χ1) is 13.0. The van der Waals surface area contributed by atoms with Crippen LogP contribution in [0.15, 0.2) is 53.4 Å². The van der Waals surface area contributed by atoms with E-state index < -0.39 is 0 Å². The molecule has 0 aromatic heterocycles. The maximum absolute atomic E-state index is 12.0. The molecule has 0 unspecified atom stereocenters. The van der Waals surface area contributed by atoms with E-state index in [1.165, 1.54) is 0 Å². The second-order valence-corrected chi connectivity index (χ2v) is 6.58. The van der Waals surface area contributed by atoms with Gasteiger partial charge in [0.25, 0.3) is 11.8 Å². The number of hydrogen-bond donors (Lipinski definition) is 3. The quantitative estimate of drug-likeness (QED) is 0.666. The van der Waals surface area contributed by atoms with E-state index in [1.54, 1.807) is 55.7 Å². The van der Waals surface area contributed by atoms with Crippen molar-refractivity contribution in [3.63, 3.8) is 0 Å². The minimum absolute atomic E-state index is 0.105. The number of amidine groups is 1. The molecular formula is C19H17N3O4S. The highest BCUT2D eigenvalue weighted by Gasteiger charge is 2.22. The van der Waals surface area contributed by atoms with E-state index in [1.807, 2.05) is 6.07 Å². The third-order valence-corrected chi connectivity index (χ3v) is 4.39. The molecule has 7 nitrogen and oxygen atoms in total. The van der Waals surface area contributed by atoms with Gasteiger partial charge in [-0.15, -0.1) is 0 Å². The predicted octanol–water partition coefficient (Wildman–Crippen LogP) is 2.85. The van der Waals surface area contributed by atoms with Crippen LogP contribution in [0.2, 0.25) is 0 Å². The Kier molecular flexibility index (Phi) is 5.77. The molecule has 2 aromatic rings. The number of rotatable bonds is 6. The third kappa shape index (κ3) is 5.11. The minimum atomic E-state index is -0.296. The summed E-state index contributed by atoms with van der Waals surface area (Å²) in [6, 6.07) is 14.0. The van der Waals surface area contributed by atoms with Gasteiger partial charge in [-0.25, -0.2) is 0 Å². The number of ether oxygens (including phenoxy) is 2. The predicted molar refractivity (Wildman–Crippen MR) is 105 cm³/mol. The molecule has 0 saturated carbocycles. The van der Waals surface area contributed by atoms with Gasteiger partial charge in [-0.1, -0.05) is 12.1 Å². The molecule has 1 aliphatic heterocycles. The molecular weight excluding hydrogens is 366 g/mol. The first-order valence-electron chi connectivity index (χ1n) is 8.00. The molecule has 0 bridgehead atoms. The largest absolute Gasteiger partial charge is 0.497 e. The lowest BCUT2D eigenvalue weighted by atomic mass is 10.2. The van der Waals surface area contributed by atoms with Crippen LogP contribution in [0.5, 0.6) is 11.5 Å². The number of carbonyl (C=O) groups is 2. The summed E-state index contributed by atoms with van der Waals surface area (Å²) in [7, 11) is 1.58. The molecule has 1 aliphatic rings. The van der Waals surface area contributed by atoms with Crippen molar-refractivity contribution >= 4 is 40.5 Å². The Morgan fingerprint density at radius 1 is 1.22 bits per heavy atom. The summed E-state index contributed by atoms with van der Waals surface area (Å²) in [6.45, 7) is -0.147. The summed E-state index contributed by atoms with van der Waals surface area (Å²) >= 11 is 1.07. The van der Waals surface area contributed by atoms with Gasteiger partial charge in [0.05, 0.1) is 12.0 Å². The zero-order valence-corrected chi connectivity index (χ0v) is 15.3. The summed E-state index contributed by atoms with van der Waals surface area (Å²) in [6.07, 6.45) is 1.67. The Bertz CT molecular complexity index is 909. The Morgan fingerprint density at radius 3 is 2.67 bits per heavy atom. The van der Waals surface area contributed by atoms with E-state index in [2.05, 4.69) is 10.6 Å². The van der Waals surface area contributed by atoms with Crippen molar-refractivity contribution in [2.75, 3.05) is 19.0 Å². The zero-order chi connectivity index (χ0) is 19.2. The van der Waals surface area contributed by atoms with Gasteiger partial charge in [-0.2, -0.15) is 0 Å². The number of nitrogens with one attached hydrogen (secondary N) is 3. The minimum Gasteiger partial charge on any atom is -0.497 e. The van der Waals surface area contributed by atoms with E-state index in [-0.39, 0.29) is 23.6 Å². The molecule has 3 rings (SSSR count). The number of methoxy groups -OCH3 is 1. The lowest BCUT2D eigenvalue weighted by molar-refractivity contribution is -0.118. The van der Waals surface area contributed by atoms with Crippen LogP contribution in [0.1, 0.15) is 5.56 Å². The highest BCUT2D eigenvalue weighted by Crippen LogP contribution is 2.26. The van der Waals surface area contributed by atoms with Crippen LogP contribution < -0.4 is 20.1 Å². The van der Waals surface area contributed by atoms with Crippen LogP contribution in [0, 0.1) is 5.41 Å². The number of thioether (sulfide) groups is 1. The Balaban J connectivity index is 1.57. The van der Waals surface area contributed by atoms with Crippen LogP contribution in [0.4, 0.5) is 5.69 Å². The molecule has 0 spiro atoms. The summed E-state index contributed by atoms with van der Waals surface area (Å²) in [5.74, 6) is 0.630. The Labute approximate surface area is 160 Å². The van der Waals surface area contributed by atoms with Gasteiger partial charge in [0, 0.05) is 5.69 Å². The average Bonchev–Trinajstić information content (AvgIpc) is 2.98. The number of benzene rings is 2. The molecule has 2 aromatic carbocycles. The first kappa shape index (κ1) is 18.5. The topological polar surface area (TPSA) is 101 Å². The summed E-state index contributed by atoms with van der Waals surface area (Å²) in [4.78, 5) is 24.1. The molecule has 8 heteroatoms. The molecule has 0 aliphatic carbocycles. The fourth-order valence-corrected chi connectivity index (χ4v) is 3.01. The second kappa shape index (κ2) is 8.41. The zero-order valence-electron chi connectivity index (χ0n) is 14.4. The fraction of sp³-hybridized carbons (Fsp3) is 0.105. The van der Waals surface area contributed by atoms with E-state index in [0.717, 1.165) is 17.3 Å². The second-order valence-electron chi connectivity index (χ2n) is 5.53. The van der Waals surface area contributed by atoms with Gasteiger partial charge >= 0.3 is 0 Å². The molecule has 0 radical (unpaired) electrons. The smallest absolute Gasteiger partial charge is 0.264 e. The highest BCUT2D eigenvalue weighted by atomic mass is 32.2.